The lowest BCUT2D eigenvalue weighted by molar-refractivity contribution is -0.870. The van der Waals surface area contributed by atoms with E-state index in [2.05, 4.69) is 50.3 Å². The average Bonchev–Trinajstić information content (AvgIpc) is 3.44. The van der Waals surface area contributed by atoms with Crippen molar-refractivity contribution < 1.29 is 57.1 Å². The van der Waals surface area contributed by atoms with Gasteiger partial charge in [-0.2, -0.15) is 0 Å². The lowest BCUT2D eigenvalue weighted by atomic mass is 9.88. The van der Waals surface area contributed by atoms with E-state index < -0.39 is 44.7 Å². The van der Waals surface area contributed by atoms with Crippen molar-refractivity contribution in [3.8, 4) is 0 Å². The summed E-state index contributed by atoms with van der Waals surface area (Å²) in [5.74, 6) is -1.58. The maximum absolute atomic E-state index is 12.8. The molecule has 1 aliphatic carbocycles. The fourth-order valence-electron chi connectivity index (χ4n) is 6.68. The molecule has 1 saturated carbocycles. The van der Waals surface area contributed by atoms with E-state index >= 15 is 0 Å². The predicted molar refractivity (Wildman–Crippen MR) is 232 cm³/mol. The molecule has 340 valence electrons. The molecule has 1 rings (SSSR count). The van der Waals surface area contributed by atoms with Gasteiger partial charge in [0.25, 0.3) is 7.82 Å². The third-order valence-electron chi connectivity index (χ3n) is 10.2. The highest BCUT2D eigenvalue weighted by atomic mass is 31.2. The van der Waals surface area contributed by atoms with Crippen LogP contribution in [0.4, 0.5) is 0 Å². The molecular formula is C46H80NO11P. The van der Waals surface area contributed by atoms with Gasteiger partial charge in [0, 0.05) is 31.1 Å². The van der Waals surface area contributed by atoms with Crippen molar-refractivity contribution in [3.63, 3.8) is 0 Å². The molecule has 0 radical (unpaired) electrons. The maximum atomic E-state index is 12.8. The fourth-order valence-corrected chi connectivity index (χ4v) is 7.41. The van der Waals surface area contributed by atoms with Crippen LogP contribution in [0.2, 0.25) is 0 Å². The van der Waals surface area contributed by atoms with Gasteiger partial charge in [0.05, 0.1) is 40.0 Å². The van der Waals surface area contributed by atoms with Gasteiger partial charge in [0.2, 0.25) is 0 Å². The molecule has 12 nitrogen and oxygen atoms in total. The van der Waals surface area contributed by atoms with Crippen LogP contribution in [0.15, 0.2) is 48.6 Å². The molecule has 6 atom stereocenters. The number of hydrogen-bond acceptors (Lipinski definition) is 11. The second-order valence-corrected chi connectivity index (χ2v) is 18.2. The van der Waals surface area contributed by atoms with Crippen LogP contribution in [-0.4, -0.2) is 98.2 Å². The van der Waals surface area contributed by atoms with E-state index in [1.807, 2.05) is 27.2 Å². The summed E-state index contributed by atoms with van der Waals surface area (Å²) in [5.41, 5.74) is 0. The molecule has 0 amide bonds. The predicted octanol–water partition coefficient (Wildman–Crippen LogP) is 8.64. The number of quaternary nitrogens is 1. The topological polar surface area (TPSA) is 169 Å². The molecule has 0 bridgehead atoms. The van der Waals surface area contributed by atoms with E-state index in [4.69, 9.17) is 18.5 Å². The lowest BCUT2D eigenvalue weighted by Gasteiger charge is -2.28. The molecule has 0 aromatic heterocycles. The van der Waals surface area contributed by atoms with Gasteiger partial charge < -0.3 is 38.1 Å². The number of esters is 2. The van der Waals surface area contributed by atoms with Crippen LogP contribution >= 0.6 is 7.82 Å². The standard InChI is InChI=1S/C46H80NO11P/c1-6-8-10-11-12-13-14-15-16-17-18-19-20-21-26-30-45(51)55-37-40(38-57-59(53,54)56-35-34-47(3,4)5)58-46(52)31-27-23-22-25-29-41-42(44(50)36-43(41)49)33-32-39(48)28-24-9-7-2/h8,10,12-13,15-16,32-33,39-42,44,48,50H,6-7,9,11,14,17-31,34-38H2,1-5H3/b10-8-,13-12-,16-15-,33-32+/t39-,40+,41+,42+,44+/m0/s1. The quantitative estimate of drug-likeness (QED) is 0.0203. The highest BCUT2D eigenvalue weighted by molar-refractivity contribution is 7.45. The third kappa shape index (κ3) is 30.3. The fraction of sp³-hybridized carbons (Fsp3) is 0.761. The summed E-state index contributed by atoms with van der Waals surface area (Å²) in [6.07, 6.45) is 30.4. The molecule has 0 aromatic rings. The first-order valence-electron chi connectivity index (χ1n) is 22.4. The number of carbonyl (C=O) groups excluding carboxylic acids is 3. The van der Waals surface area contributed by atoms with E-state index in [0.717, 1.165) is 83.5 Å². The molecule has 59 heavy (non-hydrogen) atoms. The van der Waals surface area contributed by atoms with Crippen LogP contribution in [0.25, 0.3) is 0 Å². The van der Waals surface area contributed by atoms with Gasteiger partial charge in [-0.25, -0.2) is 0 Å². The number of nitrogens with zero attached hydrogens (tertiary/aromatic N) is 1. The molecule has 2 N–H and O–H groups in total. The van der Waals surface area contributed by atoms with Gasteiger partial charge in [-0.15, -0.1) is 0 Å². The second-order valence-electron chi connectivity index (χ2n) is 16.8. The smallest absolute Gasteiger partial charge is 0.306 e. The van der Waals surface area contributed by atoms with Gasteiger partial charge in [0.1, 0.15) is 25.5 Å². The van der Waals surface area contributed by atoms with Crippen molar-refractivity contribution in [3.05, 3.63) is 48.6 Å². The number of unbranched alkanes of at least 4 members (excludes halogenated alkanes) is 10. The minimum Gasteiger partial charge on any atom is -0.756 e. The number of phosphoric ester groups is 1. The number of aliphatic hydroxyl groups is 2. The van der Waals surface area contributed by atoms with E-state index in [1.54, 1.807) is 6.08 Å². The van der Waals surface area contributed by atoms with Gasteiger partial charge in [0.15, 0.2) is 6.10 Å². The molecule has 0 aliphatic heterocycles. The highest BCUT2D eigenvalue weighted by Gasteiger charge is 2.39. The molecule has 1 fully saturated rings. The number of likely N-dealkylation sites (N-methyl/N-ethyl adjacent to an activating group) is 1. The first kappa shape index (κ1) is 54.6. The number of ketones is 1. The number of allylic oxidation sites excluding steroid dienone is 6. The normalized spacial score (nSPS) is 19.7. The van der Waals surface area contributed by atoms with Crippen LogP contribution in [0.3, 0.4) is 0 Å². The monoisotopic (exact) mass is 854 g/mol. The number of aliphatic hydroxyl groups excluding tert-OH is 2. The summed E-state index contributed by atoms with van der Waals surface area (Å²) in [5, 5.41) is 20.8. The zero-order valence-electron chi connectivity index (χ0n) is 37.1. The first-order chi connectivity index (χ1) is 28.2. The van der Waals surface area contributed by atoms with Gasteiger partial charge in [-0.05, 0) is 57.8 Å². The first-order valence-corrected chi connectivity index (χ1v) is 23.9. The summed E-state index contributed by atoms with van der Waals surface area (Å²) in [4.78, 5) is 50.4. The zero-order chi connectivity index (χ0) is 43.8. The Morgan fingerprint density at radius 2 is 1.46 bits per heavy atom. The molecule has 1 aliphatic rings. The van der Waals surface area contributed by atoms with E-state index in [9.17, 15) is 34.1 Å². The minimum atomic E-state index is -4.70. The SMILES string of the molecule is CC/C=C\C/C=C\C/C=C\CCCCCCCC(=O)OC[C@H](COP(=O)([O-])OCC[N+](C)(C)C)OC(=O)CCCCCC[C@H]1C(=O)C[C@@H](O)[C@@H]1/C=C/[C@@H](O)CCCCC. The van der Waals surface area contributed by atoms with Crippen molar-refractivity contribution in [2.24, 2.45) is 11.8 Å². The Morgan fingerprint density at radius 3 is 2.14 bits per heavy atom. The largest absolute Gasteiger partial charge is 0.756 e. The molecule has 0 aromatic carbocycles. The number of carbonyl (C=O) groups is 3. The van der Waals surface area contributed by atoms with Gasteiger partial charge in [-0.3, -0.25) is 18.9 Å². The van der Waals surface area contributed by atoms with Crippen molar-refractivity contribution in [1.82, 2.24) is 0 Å². The average molecular weight is 854 g/mol. The molecule has 13 heteroatoms. The van der Waals surface area contributed by atoms with Crippen molar-refractivity contribution in [2.45, 2.75) is 167 Å². The van der Waals surface area contributed by atoms with Crippen LogP contribution in [0, 0.1) is 11.8 Å². The van der Waals surface area contributed by atoms with Gasteiger partial charge >= 0.3 is 11.9 Å². The molecular weight excluding hydrogens is 773 g/mol. The Morgan fingerprint density at radius 1 is 0.831 bits per heavy atom. The highest BCUT2D eigenvalue weighted by Crippen LogP contribution is 2.38. The maximum Gasteiger partial charge on any atom is 0.306 e. The van der Waals surface area contributed by atoms with E-state index in [-0.39, 0.29) is 50.1 Å². The number of Topliss-reactive ketones (excluding diaryl/α,β-unsaturated/α-hetero) is 1. The number of ether oxygens (including phenoxy) is 2. The third-order valence-corrected chi connectivity index (χ3v) is 11.2. The van der Waals surface area contributed by atoms with E-state index in [1.165, 1.54) is 0 Å². The van der Waals surface area contributed by atoms with E-state index in [0.29, 0.717) is 43.1 Å². The second kappa shape index (κ2) is 33.2. The summed E-state index contributed by atoms with van der Waals surface area (Å²) < 4.78 is 33.8. The lowest BCUT2D eigenvalue weighted by Crippen LogP contribution is -2.37. The Hall–Kier alpha value is -2.44. The van der Waals surface area contributed by atoms with Crippen LogP contribution < -0.4 is 4.89 Å². The summed E-state index contributed by atoms with van der Waals surface area (Å²) in [6, 6.07) is 0. The Labute approximate surface area is 356 Å². The van der Waals surface area contributed by atoms with Crippen molar-refractivity contribution in [1.29, 1.82) is 0 Å². The Kier molecular flexibility index (Phi) is 30.7. The van der Waals surface area contributed by atoms with Crippen molar-refractivity contribution in [2.75, 3.05) is 47.5 Å². The van der Waals surface area contributed by atoms with Crippen LogP contribution in [-0.2, 0) is 37.5 Å². The minimum absolute atomic E-state index is 0.0382. The van der Waals surface area contributed by atoms with Crippen molar-refractivity contribution >= 4 is 25.5 Å². The summed E-state index contributed by atoms with van der Waals surface area (Å²) in [6.45, 7) is 3.70. The summed E-state index contributed by atoms with van der Waals surface area (Å²) in [7, 11) is 1.00. The molecule has 1 unspecified atom stereocenters. The molecule has 0 heterocycles. The van der Waals surface area contributed by atoms with Gasteiger partial charge in [-0.1, -0.05) is 120 Å². The van der Waals surface area contributed by atoms with Crippen LogP contribution in [0.1, 0.15) is 149 Å². The molecule has 0 saturated heterocycles. The number of phosphoric acid groups is 1. The summed E-state index contributed by atoms with van der Waals surface area (Å²) >= 11 is 0. The number of hydrogen-bond donors (Lipinski definition) is 2. The Bertz CT molecular complexity index is 1310. The zero-order valence-corrected chi connectivity index (χ0v) is 38.0. The number of rotatable bonds is 36. The molecule has 0 spiro atoms. The Balaban J connectivity index is 2.49. The van der Waals surface area contributed by atoms with Crippen LogP contribution in [0.5, 0.6) is 0 Å².